The number of carbonyl (C=O) groups is 1. The highest BCUT2D eigenvalue weighted by atomic mass is 35.5. The Labute approximate surface area is 213 Å². The zero-order valence-corrected chi connectivity index (χ0v) is 20.3. The minimum Gasteiger partial charge on any atom is -0.348 e. The van der Waals surface area contributed by atoms with E-state index < -0.39 is 11.6 Å². The fraction of sp³-hybridized carbons (Fsp3) is 0.222. The molecular weight excluding hydrogens is 489 g/mol. The molecule has 0 unspecified atom stereocenters. The number of nitrogens with zero attached hydrogens (tertiary/aromatic N) is 4. The van der Waals surface area contributed by atoms with Crippen molar-refractivity contribution in [1.82, 2.24) is 15.1 Å². The summed E-state index contributed by atoms with van der Waals surface area (Å²) >= 11 is 0. The van der Waals surface area contributed by atoms with Gasteiger partial charge in [-0.05, 0) is 42.8 Å². The van der Waals surface area contributed by atoms with E-state index in [-0.39, 0.29) is 42.2 Å². The third-order valence-electron chi connectivity index (χ3n) is 6.39. The van der Waals surface area contributed by atoms with Gasteiger partial charge in [0, 0.05) is 48.1 Å². The number of benzene rings is 3. The lowest BCUT2D eigenvalue weighted by molar-refractivity contribution is -0.131. The number of aromatic nitrogens is 2. The molecule has 186 valence electrons. The molecule has 1 amide bonds. The van der Waals surface area contributed by atoms with Gasteiger partial charge < -0.3 is 9.80 Å². The molecule has 3 aromatic carbocycles. The minimum absolute atomic E-state index is 0. The predicted octanol–water partition coefficient (Wildman–Crippen LogP) is 5.42. The van der Waals surface area contributed by atoms with Crippen molar-refractivity contribution in [2.24, 2.45) is 0 Å². The Kier molecular flexibility index (Phi) is 7.45. The van der Waals surface area contributed by atoms with Gasteiger partial charge >= 0.3 is 0 Å². The van der Waals surface area contributed by atoms with Gasteiger partial charge in [-0.15, -0.1) is 22.6 Å². The van der Waals surface area contributed by atoms with E-state index in [1.54, 1.807) is 17.0 Å². The zero-order valence-electron chi connectivity index (χ0n) is 19.5. The first-order chi connectivity index (χ1) is 16.9. The third kappa shape index (κ3) is 4.99. The topological polar surface area (TPSA) is 49.3 Å². The molecule has 5 rings (SSSR count). The van der Waals surface area contributed by atoms with Gasteiger partial charge in [0.15, 0.2) is 5.82 Å². The maximum absolute atomic E-state index is 14.0. The van der Waals surface area contributed by atoms with Crippen molar-refractivity contribution in [3.63, 3.8) is 0 Å². The Balaban J connectivity index is 0.00000304. The van der Waals surface area contributed by atoms with Crippen LogP contribution in [0.1, 0.15) is 12.5 Å². The van der Waals surface area contributed by atoms with Crippen molar-refractivity contribution >= 4 is 34.9 Å². The number of fused-ring (bicyclic) bond motifs is 1. The highest BCUT2D eigenvalue weighted by Crippen LogP contribution is 2.33. The van der Waals surface area contributed by atoms with Crippen molar-refractivity contribution in [2.45, 2.75) is 19.4 Å². The lowest BCUT2D eigenvalue weighted by atomic mass is 10.0. The lowest BCUT2D eigenvalue weighted by Gasteiger charge is -2.40. The number of hydrogen-bond donors (Lipinski definition) is 0. The van der Waals surface area contributed by atoms with Gasteiger partial charge in [-0.2, -0.15) is 0 Å². The van der Waals surface area contributed by atoms with Crippen LogP contribution in [0.15, 0.2) is 66.7 Å². The highest BCUT2D eigenvalue weighted by molar-refractivity contribution is 6.00. The lowest BCUT2D eigenvalue weighted by Crippen LogP contribution is -2.54. The van der Waals surface area contributed by atoms with Gasteiger partial charge in [-0.1, -0.05) is 30.3 Å². The van der Waals surface area contributed by atoms with Gasteiger partial charge in [0.2, 0.25) is 5.91 Å². The Morgan fingerprint density at radius 1 is 0.917 bits per heavy atom. The summed E-state index contributed by atoms with van der Waals surface area (Å²) < 4.78 is 40.6. The average molecular weight is 513 g/mol. The molecule has 9 heteroatoms. The van der Waals surface area contributed by atoms with E-state index in [1.165, 1.54) is 18.2 Å². The van der Waals surface area contributed by atoms with E-state index in [0.29, 0.717) is 25.3 Å². The summed E-state index contributed by atoms with van der Waals surface area (Å²) in [4.78, 5) is 16.6. The van der Waals surface area contributed by atoms with Crippen molar-refractivity contribution < 1.29 is 18.0 Å². The van der Waals surface area contributed by atoms with Crippen molar-refractivity contribution in [2.75, 3.05) is 24.5 Å². The molecule has 36 heavy (non-hydrogen) atoms. The van der Waals surface area contributed by atoms with Gasteiger partial charge in [-0.3, -0.25) is 4.79 Å². The van der Waals surface area contributed by atoms with Crippen LogP contribution >= 0.6 is 12.4 Å². The van der Waals surface area contributed by atoms with E-state index in [0.717, 1.165) is 34.3 Å². The van der Waals surface area contributed by atoms with E-state index >= 15 is 0 Å². The molecule has 4 aromatic rings. The number of rotatable bonds is 4. The van der Waals surface area contributed by atoms with Crippen LogP contribution in [0.4, 0.5) is 19.0 Å². The molecule has 2 heterocycles. The van der Waals surface area contributed by atoms with Crippen molar-refractivity contribution in [1.29, 1.82) is 0 Å². The first-order valence-electron chi connectivity index (χ1n) is 11.4. The number of anilines is 1. The van der Waals surface area contributed by atoms with Crippen molar-refractivity contribution in [3.8, 4) is 11.3 Å². The summed E-state index contributed by atoms with van der Waals surface area (Å²) in [5.74, 6) is -1.18. The van der Waals surface area contributed by atoms with E-state index in [4.69, 9.17) is 0 Å². The maximum atomic E-state index is 14.0. The van der Waals surface area contributed by atoms with E-state index in [9.17, 15) is 18.0 Å². The van der Waals surface area contributed by atoms with Gasteiger partial charge in [-0.25, -0.2) is 13.2 Å². The monoisotopic (exact) mass is 512 g/mol. The fourth-order valence-corrected chi connectivity index (χ4v) is 4.56. The molecule has 0 saturated carbocycles. The first kappa shape index (κ1) is 25.4. The molecule has 0 radical (unpaired) electrons. The largest absolute Gasteiger partial charge is 0.348 e. The SMILES string of the molecule is C[C@H]1CN(C(=O)Cc2ccc(F)cc2F)CCN1c1nnc(-c2ccc(F)cc2)c2ccccc12.Cl. The van der Waals surface area contributed by atoms with Crippen LogP contribution in [0.2, 0.25) is 0 Å². The van der Waals surface area contributed by atoms with Crippen LogP contribution in [-0.4, -0.2) is 46.7 Å². The molecule has 0 bridgehead atoms. The third-order valence-corrected chi connectivity index (χ3v) is 6.39. The Hall–Kier alpha value is -3.65. The summed E-state index contributed by atoms with van der Waals surface area (Å²) in [6.45, 7) is 3.43. The van der Waals surface area contributed by atoms with Crippen molar-refractivity contribution in [3.05, 3.63) is 89.7 Å². The van der Waals surface area contributed by atoms with Crippen LogP contribution in [-0.2, 0) is 11.2 Å². The summed E-state index contributed by atoms with van der Waals surface area (Å²) in [6.07, 6.45) is -0.117. The molecule has 0 N–H and O–H groups in total. The number of halogens is 4. The average Bonchev–Trinajstić information content (AvgIpc) is 2.86. The number of amides is 1. The molecule has 5 nitrogen and oxygen atoms in total. The summed E-state index contributed by atoms with van der Waals surface area (Å²) in [5.41, 5.74) is 1.63. The second-order valence-electron chi connectivity index (χ2n) is 8.72. The first-order valence-corrected chi connectivity index (χ1v) is 11.4. The van der Waals surface area contributed by atoms with Crippen LogP contribution in [0.5, 0.6) is 0 Å². The quantitative estimate of drug-likeness (QED) is 0.366. The molecule has 1 saturated heterocycles. The normalized spacial score (nSPS) is 15.6. The number of carbonyl (C=O) groups excluding carboxylic acids is 1. The van der Waals surface area contributed by atoms with Crippen LogP contribution in [0.3, 0.4) is 0 Å². The Morgan fingerprint density at radius 2 is 1.61 bits per heavy atom. The smallest absolute Gasteiger partial charge is 0.227 e. The molecule has 1 fully saturated rings. The van der Waals surface area contributed by atoms with E-state index in [1.807, 2.05) is 31.2 Å². The summed E-state index contributed by atoms with van der Waals surface area (Å²) in [7, 11) is 0. The van der Waals surface area contributed by atoms with Crippen LogP contribution in [0.25, 0.3) is 22.0 Å². The summed E-state index contributed by atoms with van der Waals surface area (Å²) in [5, 5.41) is 10.8. The molecule has 1 aliphatic rings. The summed E-state index contributed by atoms with van der Waals surface area (Å²) in [6, 6.07) is 17.2. The highest BCUT2D eigenvalue weighted by Gasteiger charge is 2.29. The standard InChI is InChI=1S/C27H23F3N4O.ClH/c1-17-16-33(25(35)14-19-8-11-21(29)15-24(19)30)12-13-34(17)27-23-5-3-2-4-22(23)26(31-32-27)18-6-9-20(28)10-7-18;/h2-11,15,17H,12-14,16H2,1H3;1H/t17-;/m0./s1. The molecule has 1 aromatic heterocycles. The molecule has 1 atom stereocenters. The van der Waals surface area contributed by atoms with E-state index in [2.05, 4.69) is 15.1 Å². The molecule has 0 spiro atoms. The number of hydrogen-bond acceptors (Lipinski definition) is 4. The van der Waals surface area contributed by atoms with Gasteiger partial charge in [0.05, 0.1) is 6.42 Å². The second-order valence-corrected chi connectivity index (χ2v) is 8.72. The maximum Gasteiger partial charge on any atom is 0.227 e. The molecule has 1 aliphatic heterocycles. The number of piperazine rings is 1. The predicted molar refractivity (Wildman–Crippen MR) is 136 cm³/mol. The fourth-order valence-electron chi connectivity index (χ4n) is 4.56. The second kappa shape index (κ2) is 10.5. The van der Waals surface area contributed by atoms with Gasteiger partial charge in [0.1, 0.15) is 23.1 Å². The Morgan fingerprint density at radius 3 is 2.31 bits per heavy atom. The minimum atomic E-state index is -0.715. The van der Waals surface area contributed by atoms with Crippen LogP contribution < -0.4 is 4.90 Å². The Bertz CT molecular complexity index is 1400. The zero-order chi connectivity index (χ0) is 24.5. The molecular formula is C27H24ClF3N4O. The van der Waals surface area contributed by atoms with Gasteiger partial charge in [0.25, 0.3) is 0 Å². The molecule has 0 aliphatic carbocycles. The van der Waals surface area contributed by atoms with Crippen LogP contribution in [0, 0.1) is 17.5 Å².